The lowest BCUT2D eigenvalue weighted by Gasteiger charge is -2.71. The molecule has 0 saturated heterocycles. The number of hydrogen-bond donors (Lipinski definition) is 2. The summed E-state index contributed by atoms with van der Waals surface area (Å²) in [6.45, 7) is 17.9. The molecule has 0 amide bonds. The third kappa shape index (κ3) is 2.66. The van der Waals surface area contributed by atoms with Crippen LogP contribution in [0.1, 0.15) is 106 Å². The zero-order chi connectivity index (χ0) is 23.3. The van der Waals surface area contributed by atoms with Crippen molar-refractivity contribution in [3.63, 3.8) is 0 Å². The van der Waals surface area contributed by atoms with E-state index in [9.17, 15) is 10.2 Å². The summed E-state index contributed by atoms with van der Waals surface area (Å²) in [5.41, 5.74) is 2.77. The molecule has 32 heavy (non-hydrogen) atoms. The summed E-state index contributed by atoms with van der Waals surface area (Å²) in [7, 11) is 0. The molecule has 0 bridgehead atoms. The van der Waals surface area contributed by atoms with Crippen molar-refractivity contribution in [1.82, 2.24) is 0 Å². The molecule has 4 fully saturated rings. The van der Waals surface area contributed by atoms with Crippen LogP contribution in [0.25, 0.3) is 0 Å². The van der Waals surface area contributed by atoms with Crippen molar-refractivity contribution in [2.45, 2.75) is 112 Å². The van der Waals surface area contributed by atoms with Gasteiger partial charge in [-0.1, -0.05) is 60.1 Å². The molecular formula is C30H50O2. The predicted molar refractivity (Wildman–Crippen MR) is 132 cm³/mol. The van der Waals surface area contributed by atoms with E-state index >= 15 is 0 Å². The van der Waals surface area contributed by atoms with Crippen molar-refractivity contribution in [1.29, 1.82) is 0 Å². The maximum Gasteiger partial charge on any atom is 0.0594 e. The van der Waals surface area contributed by atoms with Gasteiger partial charge in [0.25, 0.3) is 0 Å². The van der Waals surface area contributed by atoms with Gasteiger partial charge in [0.2, 0.25) is 0 Å². The summed E-state index contributed by atoms with van der Waals surface area (Å²) >= 11 is 0. The van der Waals surface area contributed by atoms with E-state index in [1.54, 1.807) is 5.57 Å². The highest BCUT2D eigenvalue weighted by Crippen LogP contribution is 2.75. The monoisotopic (exact) mass is 442 g/mol. The summed E-state index contributed by atoms with van der Waals surface area (Å²) < 4.78 is 0. The summed E-state index contributed by atoms with van der Waals surface area (Å²) in [4.78, 5) is 0. The lowest BCUT2D eigenvalue weighted by Crippen LogP contribution is -2.65. The fourth-order valence-corrected chi connectivity index (χ4v) is 10.9. The second kappa shape index (κ2) is 7.09. The highest BCUT2D eigenvalue weighted by atomic mass is 16.3. The topological polar surface area (TPSA) is 40.5 Å². The molecule has 5 aliphatic carbocycles. The predicted octanol–water partition coefficient (Wildman–Crippen LogP) is 7.00. The molecule has 0 unspecified atom stereocenters. The summed E-state index contributed by atoms with van der Waals surface area (Å²) in [6.07, 6.45) is 13.4. The van der Waals surface area contributed by atoms with E-state index in [2.05, 4.69) is 54.5 Å². The van der Waals surface area contributed by atoms with E-state index in [1.807, 2.05) is 0 Å². The van der Waals surface area contributed by atoms with Gasteiger partial charge in [-0.25, -0.2) is 0 Å². The van der Waals surface area contributed by atoms with Gasteiger partial charge in [-0.3, -0.25) is 0 Å². The lowest BCUT2D eigenvalue weighted by atomic mass is 9.33. The van der Waals surface area contributed by atoms with Gasteiger partial charge in [-0.05, 0) is 109 Å². The molecule has 0 aromatic heterocycles. The Labute approximate surface area is 197 Å². The smallest absolute Gasteiger partial charge is 0.0594 e. The first-order valence-electron chi connectivity index (χ1n) is 13.9. The highest BCUT2D eigenvalue weighted by molar-refractivity contribution is 5.34. The van der Waals surface area contributed by atoms with Crippen LogP contribution in [0.3, 0.4) is 0 Å². The number of allylic oxidation sites excluding steroid dienone is 2. The SMILES string of the molecule is C[C@@H]1[C@@H](C)CC[C@@]2(CO)CC[C@]3(C)C(=CC[C@H]4[C@@]5(C)CC[C@@H](O)C(C)(C)[C@@H]5CC[C@]43C)[C@@H]12. The normalized spacial score (nSPS) is 56.8. The van der Waals surface area contributed by atoms with Crippen LogP contribution in [0, 0.1) is 56.7 Å². The largest absolute Gasteiger partial charge is 0.396 e. The molecule has 0 aliphatic heterocycles. The van der Waals surface area contributed by atoms with Gasteiger partial charge in [0.15, 0.2) is 0 Å². The molecule has 2 nitrogen and oxygen atoms in total. The minimum atomic E-state index is -0.153. The molecule has 5 rings (SSSR count). The molecule has 10 atom stereocenters. The summed E-state index contributed by atoms with van der Waals surface area (Å²) in [5, 5.41) is 21.6. The zero-order valence-electron chi connectivity index (χ0n) is 22.0. The van der Waals surface area contributed by atoms with Crippen molar-refractivity contribution in [2.24, 2.45) is 56.7 Å². The van der Waals surface area contributed by atoms with Crippen molar-refractivity contribution >= 4 is 0 Å². The second-order valence-electron chi connectivity index (χ2n) is 14.5. The first kappa shape index (κ1) is 23.4. The Bertz CT molecular complexity index is 799. The molecule has 182 valence electrons. The maximum absolute atomic E-state index is 10.9. The fraction of sp³-hybridized carbons (Fsp3) is 0.933. The van der Waals surface area contributed by atoms with Crippen molar-refractivity contribution < 1.29 is 10.2 Å². The first-order valence-corrected chi connectivity index (χ1v) is 13.9. The number of rotatable bonds is 1. The molecule has 2 heteroatoms. The Morgan fingerprint density at radius 2 is 1.59 bits per heavy atom. The van der Waals surface area contributed by atoms with Gasteiger partial charge in [-0.2, -0.15) is 0 Å². The van der Waals surface area contributed by atoms with E-state index in [0.29, 0.717) is 41.1 Å². The average molecular weight is 443 g/mol. The van der Waals surface area contributed by atoms with Crippen LogP contribution in [0.15, 0.2) is 11.6 Å². The Balaban J connectivity index is 1.59. The Kier molecular flexibility index (Phi) is 5.19. The van der Waals surface area contributed by atoms with Gasteiger partial charge in [0.1, 0.15) is 0 Å². The third-order valence-electron chi connectivity index (χ3n) is 13.5. The molecule has 2 N–H and O–H groups in total. The van der Waals surface area contributed by atoms with E-state index in [1.165, 1.54) is 51.4 Å². The zero-order valence-corrected chi connectivity index (χ0v) is 22.0. The number of aliphatic hydroxyl groups is 2. The standard InChI is InChI=1S/C30H50O2/c1-19-10-15-30(18-31)17-16-28(6)21(25(30)20(19)2)8-9-23-27(5)13-12-24(32)26(3,4)22(27)11-14-29(23,28)7/h8,19-20,22-25,31-32H,9-18H2,1-7H3/t19-,20+,22-,23-,24+,25+,27-,28+,29+,30-/m0/s1. The maximum atomic E-state index is 10.9. The first-order chi connectivity index (χ1) is 14.9. The Morgan fingerprint density at radius 1 is 0.875 bits per heavy atom. The minimum absolute atomic E-state index is 0.0190. The number of hydrogen-bond acceptors (Lipinski definition) is 2. The van der Waals surface area contributed by atoms with Crippen LogP contribution in [0.4, 0.5) is 0 Å². The van der Waals surface area contributed by atoms with E-state index in [4.69, 9.17) is 0 Å². The summed E-state index contributed by atoms with van der Waals surface area (Å²) in [5.74, 6) is 3.29. The van der Waals surface area contributed by atoms with E-state index in [-0.39, 0.29) is 22.3 Å². The van der Waals surface area contributed by atoms with Gasteiger partial charge in [-0.15, -0.1) is 0 Å². The van der Waals surface area contributed by atoms with Gasteiger partial charge in [0.05, 0.1) is 6.10 Å². The second-order valence-corrected chi connectivity index (χ2v) is 14.5. The van der Waals surface area contributed by atoms with Crippen molar-refractivity contribution in [2.75, 3.05) is 6.61 Å². The van der Waals surface area contributed by atoms with E-state index in [0.717, 1.165) is 12.3 Å². The summed E-state index contributed by atoms with van der Waals surface area (Å²) in [6, 6.07) is 0. The van der Waals surface area contributed by atoms with E-state index < -0.39 is 0 Å². The highest BCUT2D eigenvalue weighted by Gasteiger charge is 2.68. The van der Waals surface area contributed by atoms with Gasteiger partial charge < -0.3 is 10.2 Å². The molecular weight excluding hydrogens is 392 g/mol. The lowest BCUT2D eigenvalue weighted by molar-refractivity contribution is -0.205. The van der Waals surface area contributed by atoms with Crippen LogP contribution < -0.4 is 0 Å². The molecule has 0 radical (unpaired) electrons. The molecule has 5 aliphatic rings. The molecule has 0 spiro atoms. The quantitative estimate of drug-likeness (QED) is 0.429. The molecule has 0 heterocycles. The van der Waals surface area contributed by atoms with Gasteiger partial charge >= 0.3 is 0 Å². The number of fused-ring (bicyclic) bond motifs is 7. The van der Waals surface area contributed by atoms with Crippen LogP contribution in [-0.2, 0) is 0 Å². The molecule has 4 saturated carbocycles. The number of aliphatic hydroxyl groups excluding tert-OH is 2. The van der Waals surface area contributed by atoms with Crippen LogP contribution >= 0.6 is 0 Å². The van der Waals surface area contributed by atoms with Crippen molar-refractivity contribution in [3.8, 4) is 0 Å². The third-order valence-corrected chi connectivity index (χ3v) is 13.5. The van der Waals surface area contributed by atoms with Crippen molar-refractivity contribution in [3.05, 3.63) is 11.6 Å². The van der Waals surface area contributed by atoms with Crippen LogP contribution in [-0.4, -0.2) is 22.9 Å². The Morgan fingerprint density at radius 3 is 2.28 bits per heavy atom. The molecule has 0 aromatic carbocycles. The minimum Gasteiger partial charge on any atom is -0.396 e. The van der Waals surface area contributed by atoms with Crippen LogP contribution in [0.5, 0.6) is 0 Å². The van der Waals surface area contributed by atoms with Crippen LogP contribution in [0.2, 0.25) is 0 Å². The molecule has 0 aromatic rings. The Hall–Kier alpha value is -0.340. The fourth-order valence-electron chi connectivity index (χ4n) is 10.9. The average Bonchev–Trinajstić information content (AvgIpc) is 2.74. The van der Waals surface area contributed by atoms with Gasteiger partial charge in [0, 0.05) is 12.0 Å².